The number of anilines is 1. The highest BCUT2D eigenvalue weighted by Crippen LogP contribution is 2.30. The van der Waals surface area contributed by atoms with E-state index in [4.69, 9.17) is 0 Å². The molecule has 0 aliphatic rings. The molecule has 0 amide bonds. The van der Waals surface area contributed by atoms with Crippen molar-refractivity contribution in [3.05, 3.63) is 60.4 Å². The Balaban J connectivity index is 1.74. The largest absolute Gasteiger partial charge is 0.431 e. The molecule has 0 saturated carbocycles. The summed E-state index contributed by atoms with van der Waals surface area (Å²) in [5.74, 6) is 0. The van der Waals surface area contributed by atoms with Gasteiger partial charge in [0.05, 0.1) is 18.4 Å². The van der Waals surface area contributed by atoms with E-state index in [1.54, 1.807) is 18.5 Å². The molecule has 3 rings (SSSR count). The van der Waals surface area contributed by atoms with Gasteiger partial charge in [0.25, 0.3) is 10.0 Å². The molecular formula is C14H12F3N5O2S. The Morgan fingerprint density at radius 2 is 2.08 bits per heavy atom. The van der Waals surface area contributed by atoms with Crippen molar-refractivity contribution in [1.82, 2.24) is 19.7 Å². The van der Waals surface area contributed by atoms with Crippen molar-refractivity contribution in [2.45, 2.75) is 17.6 Å². The zero-order valence-corrected chi connectivity index (χ0v) is 13.3. The highest BCUT2D eigenvalue weighted by atomic mass is 32.2. The van der Waals surface area contributed by atoms with Crippen molar-refractivity contribution >= 4 is 15.7 Å². The molecule has 132 valence electrons. The molecule has 3 aromatic rings. The molecule has 11 heteroatoms. The summed E-state index contributed by atoms with van der Waals surface area (Å²) in [6.45, 7) is 0.373. The molecule has 7 nitrogen and oxygen atoms in total. The van der Waals surface area contributed by atoms with Gasteiger partial charge >= 0.3 is 6.18 Å². The lowest BCUT2D eigenvalue weighted by Crippen LogP contribution is -2.12. The van der Waals surface area contributed by atoms with Crippen molar-refractivity contribution in [2.75, 3.05) is 4.72 Å². The van der Waals surface area contributed by atoms with Gasteiger partial charge in [0, 0.05) is 24.8 Å². The first-order valence-corrected chi connectivity index (χ1v) is 8.42. The van der Waals surface area contributed by atoms with Crippen LogP contribution in [0.3, 0.4) is 0 Å². The summed E-state index contributed by atoms with van der Waals surface area (Å²) in [6, 6.07) is 4.12. The van der Waals surface area contributed by atoms with Gasteiger partial charge in [-0.3, -0.25) is 14.4 Å². The Morgan fingerprint density at radius 3 is 2.72 bits per heavy atom. The van der Waals surface area contributed by atoms with E-state index >= 15 is 0 Å². The second-order valence-corrected chi connectivity index (χ2v) is 6.82. The third-order valence-corrected chi connectivity index (χ3v) is 4.59. The third-order valence-electron chi connectivity index (χ3n) is 3.23. The second kappa shape index (κ2) is 6.24. The Hall–Kier alpha value is -2.82. The number of aromatic amines is 1. The monoisotopic (exact) mass is 371 g/mol. The van der Waals surface area contributed by atoms with Gasteiger partial charge in [-0.25, -0.2) is 8.42 Å². The van der Waals surface area contributed by atoms with E-state index in [0.29, 0.717) is 12.6 Å². The smallest absolute Gasteiger partial charge is 0.356 e. The summed E-state index contributed by atoms with van der Waals surface area (Å²) in [5, 5.41) is 4.01. The minimum atomic E-state index is -4.65. The van der Waals surface area contributed by atoms with Crippen molar-refractivity contribution < 1.29 is 21.6 Å². The average molecular weight is 371 g/mol. The normalized spacial score (nSPS) is 12.3. The highest BCUT2D eigenvalue weighted by molar-refractivity contribution is 7.92. The number of rotatable bonds is 5. The topological polar surface area (TPSA) is 92.7 Å². The van der Waals surface area contributed by atoms with E-state index in [1.165, 1.54) is 17.1 Å². The number of aromatic nitrogens is 4. The van der Waals surface area contributed by atoms with Crippen LogP contribution in [0, 0.1) is 0 Å². The number of pyridine rings is 1. The van der Waals surface area contributed by atoms with E-state index in [1.807, 2.05) is 11.1 Å². The molecule has 0 atom stereocenters. The summed E-state index contributed by atoms with van der Waals surface area (Å²) in [6.07, 6.45) is 2.10. The predicted octanol–water partition coefficient (Wildman–Crippen LogP) is 2.47. The fourth-order valence-electron chi connectivity index (χ4n) is 2.09. The molecule has 3 heterocycles. The Labute approximate surface area is 140 Å². The fourth-order valence-corrected chi connectivity index (χ4v) is 3.11. The molecule has 0 spiro atoms. The molecule has 2 N–H and O–H groups in total. The number of halogens is 3. The van der Waals surface area contributed by atoms with Gasteiger partial charge in [-0.1, -0.05) is 6.07 Å². The maximum Gasteiger partial charge on any atom is 0.431 e. The Morgan fingerprint density at radius 1 is 1.28 bits per heavy atom. The molecule has 0 radical (unpaired) electrons. The number of hydrogen-bond donors (Lipinski definition) is 2. The quantitative estimate of drug-likeness (QED) is 0.721. The number of hydrogen-bond acceptors (Lipinski definition) is 4. The molecule has 0 unspecified atom stereocenters. The lowest BCUT2D eigenvalue weighted by molar-refractivity contribution is -0.140. The van der Waals surface area contributed by atoms with E-state index in [9.17, 15) is 21.6 Å². The van der Waals surface area contributed by atoms with Crippen LogP contribution in [0.5, 0.6) is 0 Å². The van der Waals surface area contributed by atoms with Gasteiger partial charge in [0.1, 0.15) is 10.6 Å². The minimum absolute atomic E-state index is 0.138. The summed E-state index contributed by atoms with van der Waals surface area (Å²) >= 11 is 0. The predicted molar refractivity (Wildman–Crippen MR) is 82.2 cm³/mol. The molecule has 3 aromatic heterocycles. The Kier molecular flexibility index (Phi) is 4.25. The number of nitrogens with zero attached hydrogens (tertiary/aromatic N) is 3. The molecular weight excluding hydrogens is 359 g/mol. The van der Waals surface area contributed by atoms with Crippen LogP contribution in [-0.2, 0) is 22.7 Å². The molecule has 0 bridgehead atoms. The van der Waals surface area contributed by atoms with Crippen LogP contribution in [0.1, 0.15) is 11.3 Å². The average Bonchev–Trinajstić information content (AvgIpc) is 3.17. The summed E-state index contributed by atoms with van der Waals surface area (Å²) in [7, 11) is -4.16. The van der Waals surface area contributed by atoms with Crippen LogP contribution in [0.25, 0.3) is 0 Å². The van der Waals surface area contributed by atoms with Crippen LogP contribution < -0.4 is 4.72 Å². The first kappa shape index (κ1) is 17.0. The van der Waals surface area contributed by atoms with Crippen molar-refractivity contribution in [3.63, 3.8) is 0 Å². The van der Waals surface area contributed by atoms with E-state index < -0.39 is 26.8 Å². The summed E-state index contributed by atoms with van der Waals surface area (Å²) < 4.78 is 65.7. The number of H-pyrrole nitrogens is 1. The molecule has 0 saturated heterocycles. The van der Waals surface area contributed by atoms with Gasteiger partial charge in [-0.15, -0.1) is 0 Å². The van der Waals surface area contributed by atoms with Crippen LogP contribution in [0.15, 0.2) is 54.1 Å². The van der Waals surface area contributed by atoms with Crippen molar-refractivity contribution in [1.29, 1.82) is 0 Å². The van der Waals surface area contributed by atoms with Gasteiger partial charge in [-0.05, 0) is 17.7 Å². The van der Waals surface area contributed by atoms with Gasteiger partial charge in [0.15, 0.2) is 0 Å². The summed E-state index contributed by atoms with van der Waals surface area (Å²) in [4.78, 5) is 5.35. The SMILES string of the molecule is O=S(=O)(Nc1cnn(Cc2cccnc2)c1)c1c[nH]c(C(F)(F)F)c1. The highest BCUT2D eigenvalue weighted by Gasteiger charge is 2.33. The Bertz CT molecular complexity index is 964. The third kappa shape index (κ3) is 3.99. The van der Waals surface area contributed by atoms with Gasteiger partial charge in [0.2, 0.25) is 0 Å². The molecule has 0 aromatic carbocycles. The van der Waals surface area contributed by atoms with Crippen molar-refractivity contribution in [3.8, 4) is 0 Å². The number of sulfonamides is 1. The first-order valence-electron chi connectivity index (χ1n) is 6.94. The maximum atomic E-state index is 12.6. The van der Waals surface area contributed by atoms with Crippen molar-refractivity contribution in [2.24, 2.45) is 0 Å². The van der Waals surface area contributed by atoms with E-state index in [-0.39, 0.29) is 5.69 Å². The van der Waals surface area contributed by atoms with Crippen LogP contribution >= 0.6 is 0 Å². The maximum absolute atomic E-state index is 12.6. The first-order chi connectivity index (χ1) is 11.7. The number of alkyl halides is 3. The molecule has 0 aliphatic carbocycles. The van der Waals surface area contributed by atoms with E-state index in [0.717, 1.165) is 11.8 Å². The lowest BCUT2D eigenvalue weighted by atomic mass is 10.3. The standard InChI is InChI=1S/C14H12F3N5O2S/c15-14(16,17)13-4-12(7-19-13)25(23,24)21-11-6-20-22(9-11)8-10-2-1-3-18-5-10/h1-7,9,19,21H,8H2. The fraction of sp³-hybridized carbons (Fsp3) is 0.143. The van der Waals surface area contributed by atoms with E-state index in [2.05, 4.69) is 14.8 Å². The zero-order valence-electron chi connectivity index (χ0n) is 12.5. The second-order valence-electron chi connectivity index (χ2n) is 5.14. The molecule has 0 fully saturated rings. The van der Waals surface area contributed by atoms with Gasteiger partial charge in [-0.2, -0.15) is 18.3 Å². The van der Waals surface area contributed by atoms with Gasteiger partial charge < -0.3 is 4.98 Å². The number of nitrogens with one attached hydrogen (secondary N) is 2. The van der Waals surface area contributed by atoms with Crippen LogP contribution in [-0.4, -0.2) is 28.2 Å². The zero-order chi connectivity index (χ0) is 18.1. The molecule has 0 aliphatic heterocycles. The summed E-state index contributed by atoms with van der Waals surface area (Å²) in [5.41, 5.74) is -0.140. The lowest BCUT2D eigenvalue weighted by Gasteiger charge is -2.04. The minimum Gasteiger partial charge on any atom is -0.356 e. The van der Waals surface area contributed by atoms with Crippen LogP contribution in [0.2, 0.25) is 0 Å². The molecule has 25 heavy (non-hydrogen) atoms. The van der Waals surface area contributed by atoms with Crippen LogP contribution in [0.4, 0.5) is 18.9 Å².